The van der Waals surface area contributed by atoms with Gasteiger partial charge in [-0.3, -0.25) is 0 Å². The predicted molar refractivity (Wildman–Crippen MR) is 80.0 cm³/mol. The molecule has 8 nitrogen and oxygen atoms in total. The van der Waals surface area contributed by atoms with E-state index in [0.717, 1.165) is 11.4 Å². The quantitative estimate of drug-likeness (QED) is 0.627. The second-order valence-corrected chi connectivity index (χ2v) is 4.71. The summed E-state index contributed by atoms with van der Waals surface area (Å²) in [5, 5.41) is 14.6. The van der Waals surface area contributed by atoms with E-state index in [1.54, 1.807) is 7.05 Å². The molecule has 0 spiro atoms. The molecule has 1 heterocycles. The molecule has 0 saturated carbocycles. The van der Waals surface area contributed by atoms with E-state index in [4.69, 9.17) is 10.5 Å². The van der Waals surface area contributed by atoms with Crippen LogP contribution < -0.4 is 15.8 Å². The van der Waals surface area contributed by atoms with E-state index < -0.39 is 0 Å². The highest BCUT2D eigenvalue weighted by molar-refractivity contribution is 5.92. The molecule has 2 rings (SSSR count). The molecule has 21 heavy (non-hydrogen) atoms. The monoisotopic (exact) mass is 289 g/mol. The van der Waals surface area contributed by atoms with Crippen molar-refractivity contribution in [3.63, 3.8) is 0 Å². The first-order valence-corrected chi connectivity index (χ1v) is 6.59. The summed E-state index contributed by atoms with van der Waals surface area (Å²) < 4.78 is 5.57. The van der Waals surface area contributed by atoms with Gasteiger partial charge in [-0.2, -0.15) is 4.80 Å². The molecule has 0 fully saturated rings. The molecule has 0 aliphatic carbocycles. The molecule has 0 radical (unpaired) electrons. The van der Waals surface area contributed by atoms with Gasteiger partial charge in [-0.05, 0) is 43.3 Å². The van der Waals surface area contributed by atoms with Gasteiger partial charge in [-0.25, -0.2) is 4.99 Å². The van der Waals surface area contributed by atoms with Gasteiger partial charge in [0.2, 0.25) is 0 Å². The molecule has 0 aliphatic rings. The first-order valence-electron chi connectivity index (χ1n) is 6.59. The predicted octanol–water partition coefficient (Wildman–Crippen LogP) is 0.924. The zero-order valence-electron chi connectivity index (χ0n) is 12.3. The average Bonchev–Trinajstić information content (AvgIpc) is 2.84. The number of rotatable bonds is 5. The number of hydrogen-bond donors (Lipinski definition) is 2. The number of nitrogens with two attached hydrogens (primary N) is 1. The number of aliphatic imine (C=N–C) groups is 1. The zero-order valence-corrected chi connectivity index (χ0v) is 12.3. The fraction of sp³-hybridized carbons (Fsp3) is 0.385. The lowest BCUT2D eigenvalue weighted by molar-refractivity contribution is 0.242. The highest BCUT2D eigenvalue weighted by atomic mass is 16.5. The minimum absolute atomic E-state index is 0.148. The summed E-state index contributed by atoms with van der Waals surface area (Å²) in [7, 11) is 1.70. The minimum atomic E-state index is 0.148. The van der Waals surface area contributed by atoms with Gasteiger partial charge >= 0.3 is 0 Å². The third kappa shape index (κ3) is 4.75. The molecule has 1 aromatic carbocycles. The molecule has 0 aliphatic heterocycles. The molecular formula is C13H19N7O. The molecule has 0 bridgehead atoms. The van der Waals surface area contributed by atoms with E-state index in [1.165, 1.54) is 4.80 Å². The summed E-state index contributed by atoms with van der Waals surface area (Å²) >= 11 is 0. The number of aryl methyl sites for hydroxylation is 1. The van der Waals surface area contributed by atoms with E-state index >= 15 is 0 Å². The van der Waals surface area contributed by atoms with Crippen LogP contribution >= 0.6 is 0 Å². The van der Waals surface area contributed by atoms with Gasteiger partial charge in [0, 0.05) is 5.69 Å². The largest absolute Gasteiger partial charge is 0.491 e. The molecule has 8 heteroatoms. The van der Waals surface area contributed by atoms with Crippen LogP contribution in [-0.2, 0) is 13.6 Å². The summed E-state index contributed by atoms with van der Waals surface area (Å²) in [5.41, 5.74) is 6.64. The highest BCUT2D eigenvalue weighted by Crippen LogP contribution is 2.16. The van der Waals surface area contributed by atoms with Crippen LogP contribution in [0.15, 0.2) is 29.3 Å². The number of nitrogens with one attached hydrogen (secondary N) is 1. The van der Waals surface area contributed by atoms with Crippen molar-refractivity contribution < 1.29 is 4.74 Å². The van der Waals surface area contributed by atoms with Crippen LogP contribution in [-0.4, -0.2) is 32.3 Å². The maximum atomic E-state index is 5.80. The first kappa shape index (κ1) is 14.8. The SMILES string of the molecule is CC(C)Oc1ccc(NC(N)=NCc2nnn(C)n2)cc1. The van der Waals surface area contributed by atoms with Crippen LogP contribution in [0.2, 0.25) is 0 Å². The van der Waals surface area contributed by atoms with Gasteiger partial charge in [0.05, 0.1) is 13.2 Å². The second-order valence-electron chi connectivity index (χ2n) is 4.71. The summed E-state index contributed by atoms with van der Waals surface area (Å²) in [5.74, 6) is 1.62. The number of guanidine groups is 1. The van der Waals surface area contributed by atoms with Crippen molar-refractivity contribution in [1.82, 2.24) is 20.2 Å². The van der Waals surface area contributed by atoms with Crippen molar-refractivity contribution >= 4 is 11.6 Å². The molecule has 0 unspecified atom stereocenters. The van der Waals surface area contributed by atoms with Crippen molar-refractivity contribution in [2.45, 2.75) is 26.5 Å². The zero-order chi connectivity index (χ0) is 15.2. The van der Waals surface area contributed by atoms with Gasteiger partial charge in [-0.1, -0.05) is 0 Å². The van der Waals surface area contributed by atoms with E-state index in [2.05, 4.69) is 25.7 Å². The Balaban J connectivity index is 1.91. The Morgan fingerprint density at radius 3 is 2.67 bits per heavy atom. The molecule has 0 amide bonds. The smallest absolute Gasteiger partial charge is 0.196 e. The standard InChI is InChI=1S/C13H19N7O/c1-9(2)21-11-6-4-10(5-7-11)16-13(14)15-8-12-17-19-20(3)18-12/h4-7,9H,8H2,1-3H3,(H3,14,15,16). The topological polar surface area (TPSA) is 103 Å². The molecule has 3 N–H and O–H groups in total. The molecular weight excluding hydrogens is 270 g/mol. The van der Waals surface area contributed by atoms with Crippen molar-refractivity contribution in [3.8, 4) is 5.75 Å². The maximum absolute atomic E-state index is 5.80. The van der Waals surface area contributed by atoms with Gasteiger partial charge in [0.15, 0.2) is 11.8 Å². The van der Waals surface area contributed by atoms with Crippen molar-refractivity contribution in [2.24, 2.45) is 17.8 Å². The number of nitrogens with zero attached hydrogens (tertiary/aromatic N) is 5. The van der Waals surface area contributed by atoms with E-state index in [-0.39, 0.29) is 12.6 Å². The Morgan fingerprint density at radius 2 is 2.10 bits per heavy atom. The van der Waals surface area contributed by atoms with Gasteiger partial charge in [-0.15, -0.1) is 10.2 Å². The Labute approximate surface area is 123 Å². The van der Waals surface area contributed by atoms with Crippen molar-refractivity contribution in [2.75, 3.05) is 5.32 Å². The van der Waals surface area contributed by atoms with Crippen LogP contribution in [0.3, 0.4) is 0 Å². The fourth-order valence-corrected chi connectivity index (χ4v) is 1.62. The summed E-state index contributed by atoms with van der Waals surface area (Å²) in [4.78, 5) is 5.52. The number of ether oxygens (including phenoxy) is 1. The fourth-order valence-electron chi connectivity index (χ4n) is 1.62. The van der Waals surface area contributed by atoms with Crippen LogP contribution in [0.4, 0.5) is 5.69 Å². The van der Waals surface area contributed by atoms with Gasteiger partial charge in [0.1, 0.15) is 12.3 Å². The van der Waals surface area contributed by atoms with Crippen LogP contribution in [0.25, 0.3) is 0 Å². The normalized spacial score (nSPS) is 11.7. The number of benzene rings is 1. The summed E-state index contributed by atoms with van der Waals surface area (Å²) in [6.07, 6.45) is 0.148. The third-order valence-electron chi connectivity index (χ3n) is 2.44. The Bertz CT molecular complexity index is 603. The van der Waals surface area contributed by atoms with E-state index in [1.807, 2.05) is 38.1 Å². The van der Waals surface area contributed by atoms with E-state index in [9.17, 15) is 0 Å². The van der Waals surface area contributed by atoms with Gasteiger partial charge < -0.3 is 15.8 Å². The Kier molecular flexibility index (Phi) is 4.70. The van der Waals surface area contributed by atoms with Crippen molar-refractivity contribution in [3.05, 3.63) is 30.1 Å². The van der Waals surface area contributed by atoms with Crippen LogP contribution in [0.5, 0.6) is 5.75 Å². The lowest BCUT2D eigenvalue weighted by Crippen LogP contribution is -2.22. The summed E-state index contributed by atoms with van der Waals surface area (Å²) in [6.45, 7) is 4.25. The highest BCUT2D eigenvalue weighted by Gasteiger charge is 2.01. The van der Waals surface area contributed by atoms with E-state index in [0.29, 0.717) is 11.8 Å². The minimum Gasteiger partial charge on any atom is -0.491 e. The molecule has 112 valence electrons. The molecule has 1 aromatic heterocycles. The number of anilines is 1. The van der Waals surface area contributed by atoms with Crippen molar-refractivity contribution in [1.29, 1.82) is 0 Å². The molecule has 0 atom stereocenters. The first-order chi connectivity index (χ1) is 10.0. The lowest BCUT2D eigenvalue weighted by Gasteiger charge is -2.10. The second kappa shape index (κ2) is 6.69. The summed E-state index contributed by atoms with van der Waals surface area (Å²) in [6, 6.07) is 7.50. The molecule has 2 aromatic rings. The number of aromatic nitrogens is 4. The van der Waals surface area contributed by atoms with Gasteiger partial charge in [0.25, 0.3) is 0 Å². The lowest BCUT2D eigenvalue weighted by atomic mass is 10.3. The average molecular weight is 289 g/mol. The van der Waals surface area contributed by atoms with Crippen LogP contribution in [0.1, 0.15) is 19.7 Å². The Morgan fingerprint density at radius 1 is 1.38 bits per heavy atom. The third-order valence-corrected chi connectivity index (χ3v) is 2.44. The molecule has 0 saturated heterocycles. The number of tetrazole rings is 1. The maximum Gasteiger partial charge on any atom is 0.196 e. The number of hydrogen-bond acceptors (Lipinski definition) is 5. The van der Waals surface area contributed by atoms with Crippen LogP contribution in [0, 0.1) is 0 Å². The Hall–Kier alpha value is -2.64.